The monoisotopic (exact) mass is 279 g/mol. The normalized spacial score (nSPS) is 11.4. The number of carbonyl (C=O) groups excluding carboxylic acids is 2. The molecule has 6 heteroatoms. The molecule has 0 bridgehead atoms. The Hall–Kier alpha value is -2.37. The molecule has 0 saturated heterocycles. The number of carbonyl (C=O) groups is 3. The van der Waals surface area contributed by atoms with Gasteiger partial charge in [-0.05, 0) is 12.0 Å². The van der Waals surface area contributed by atoms with Crippen molar-refractivity contribution < 1.29 is 24.2 Å². The third-order valence-corrected chi connectivity index (χ3v) is 2.68. The average molecular weight is 279 g/mol. The number of carboxylic acids is 1. The number of hydrogen-bond donors (Lipinski definition) is 2. The summed E-state index contributed by atoms with van der Waals surface area (Å²) in [6, 6.07) is 8.11. The molecule has 6 nitrogen and oxygen atoms in total. The van der Waals surface area contributed by atoms with Crippen LogP contribution >= 0.6 is 0 Å². The van der Waals surface area contributed by atoms with Gasteiger partial charge in [-0.1, -0.05) is 30.3 Å². The summed E-state index contributed by atoms with van der Waals surface area (Å²) < 4.78 is 4.55. The van der Waals surface area contributed by atoms with E-state index in [0.717, 1.165) is 5.56 Å². The van der Waals surface area contributed by atoms with Crippen LogP contribution in [0.2, 0.25) is 0 Å². The van der Waals surface area contributed by atoms with E-state index in [0.29, 0.717) is 0 Å². The third kappa shape index (κ3) is 5.51. The van der Waals surface area contributed by atoms with Gasteiger partial charge < -0.3 is 15.2 Å². The van der Waals surface area contributed by atoms with Gasteiger partial charge >= 0.3 is 11.9 Å². The maximum absolute atomic E-state index is 11.8. The van der Waals surface area contributed by atoms with Gasteiger partial charge in [0.05, 0.1) is 13.5 Å². The maximum atomic E-state index is 11.8. The molecule has 0 saturated carbocycles. The zero-order valence-electron chi connectivity index (χ0n) is 11.2. The van der Waals surface area contributed by atoms with Gasteiger partial charge in [-0.2, -0.15) is 0 Å². The Morgan fingerprint density at radius 3 is 2.45 bits per heavy atom. The van der Waals surface area contributed by atoms with Crippen LogP contribution in [0.1, 0.15) is 18.4 Å². The van der Waals surface area contributed by atoms with Crippen molar-refractivity contribution in [2.75, 3.05) is 7.11 Å². The highest BCUT2D eigenvalue weighted by atomic mass is 16.5. The summed E-state index contributed by atoms with van der Waals surface area (Å²) in [5, 5.41) is 11.1. The van der Waals surface area contributed by atoms with Crippen molar-refractivity contribution >= 4 is 17.8 Å². The van der Waals surface area contributed by atoms with Crippen molar-refractivity contribution in [3.05, 3.63) is 35.9 Å². The summed E-state index contributed by atoms with van der Waals surface area (Å²) in [5.74, 6) is -2.03. The number of carboxylic acid groups (broad SMARTS) is 1. The van der Waals surface area contributed by atoms with E-state index < -0.39 is 18.0 Å². The van der Waals surface area contributed by atoms with Crippen molar-refractivity contribution in [3.8, 4) is 0 Å². The summed E-state index contributed by atoms with van der Waals surface area (Å²) >= 11 is 0. The van der Waals surface area contributed by atoms with Gasteiger partial charge in [-0.25, -0.2) is 4.79 Å². The first-order valence-electron chi connectivity index (χ1n) is 6.16. The summed E-state index contributed by atoms with van der Waals surface area (Å²) in [4.78, 5) is 33.8. The standard InChI is InChI=1S/C14H17NO5/c1-20-14(19)11(7-8-13(17)18)15-12(16)9-10-5-3-2-4-6-10/h2-6,11H,7-9H2,1H3,(H,15,16)(H,17,18). The van der Waals surface area contributed by atoms with E-state index in [9.17, 15) is 14.4 Å². The summed E-state index contributed by atoms with van der Waals surface area (Å²) in [6.45, 7) is 0. The first kappa shape index (κ1) is 15.7. The Morgan fingerprint density at radius 2 is 1.90 bits per heavy atom. The van der Waals surface area contributed by atoms with Crippen LogP contribution < -0.4 is 5.32 Å². The topological polar surface area (TPSA) is 92.7 Å². The molecule has 0 spiro atoms. The van der Waals surface area contributed by atoms with Crippen molar-refractivity contribution in [2.45, 2.75) is 25.3 Å². The van der Waals surface area contributed by atoms with Gasteiger partial charge in [0.15, 0.2) is 0 Å². The van der Waals surface area contributed by atoms with Crippen LogP contribution in [0.5, 0.6) is 0 Å². The van der Waals surface area contributed by atoms with Crippen molar-refractivity contribution in [1.82, 2.24) is 5.32 Å². The molecule has 0 aromatic heterocycles. The second-order valence-corrected chi connectivity index (χ2v) is 4.24. The molecule has 20 heavy (non-hydrogen) atoms. The van der Waals surface area contributed by atoms with E-state index in [-0.39, 0.29) is 25.2 Å². The quantitative estimate of drug-likeness (QED) is 0.718. The Bertz CT molecular complexity index is 472. The number of hydrogen-bond acceptors (Lipinski definition) is 4. The van der Waals surface area contributed by atoms with Crippen LogP contribution in [0, 0.1) is 0 Å². The molecular formula is C14H17NO5. The minimum absolute atomic E-state index is 0.00252. The number of esters is 1. The van der Waals surface area contributed by atoms with Crippen LogP contribution in [0.15, 0.2) is 30.3 Å². The molecule has 108 valence electrons. The lowest BCUT2D eigenvalue weighted by Crippen LogP contribution is -2.42. The molecule has 0 radical (unpaired) electrons. The first-order valence-corrected chi connectivity index (χ1v) is 6.16. The fourth-order valence-electron chi connectivity index (χ4n) is 1.69. The van der Waals surface area contributed by atoms with Crippen LogP contribution in [0.4, 0.5) is 0 Å². The van der Waals surface area contributed by atoms with Gasteiger partial charge in [-0.15, -0.1) is 0 Å². The first-order chi connectivity index (χ1) is 9.52. The number of aliphatic carboxylic acids is 1. The predicted molar refractivity (Wildman–Crippen MR) is 71.0 cm³/mol. The molecule has 0 aliphatic carbocycles. The zero-order chi connectivity index (χ0) is 15.0. The molecule has 0 aliphatic rings. The summed E-state index contributed by atoms with van der Waals surface area (Å²) in [5.41, 5.74) is 0.812. The molecule has 0 aliphatic heterocycles. The van der Waals surface area contributed by atoms with Crippen LogP contribution in [-0.2, 0) is 25.5 Å². The number of benzene rings is 1. The van der Waals surface area contributed by atoms with Gasteiger partial charge in [0.25, 0.3) is 0 Å². The van der Waals surface area contributed by atoms with E-state index in [1.165, 1.54) is 7.11 Å². The number of nitrogens with one attached hydrogen (secondary N) is 1. The summed E-state index contributed by atoms with van der Waals surface area (Å²) in [6.07, 6.45) is -0.0880. The fourth-order valence-corrected chi connectivity index (χ4v) is 1.69. The van der Waals surface area contributed by atoms with Gasteiger partial charge in [0.1, 0.15) is 6.04 Å². The molecule has 1 aromatic rings. The molecule has 1 amide bonds. The average Bonchev–Trinajstić information content (AvgIpc) is 2.43. The smallest absolute Gasteiger partial charge is 0.328 e. The molecule has 2 N–H and O–H groups in total. The number of ether oxygens (including phenoxy) is 1. The van der Waals surface area contributed by atoms with Gasteiger partial charge in [0, 0.05) is 6.42 Å². The van der Waals surface area contributed by atoms with E-state index in [1.54, 1.807) is 12.1 Å². The van der Waals surface area contributed by atoms with E-state index in [1.807, 2.05) is 18.2 Å². The third-order valence-electron chi connectivity index (χ3n) is 2.68. The number of amides is 1. The number of methoxy groups -OCH3 is 1. The molecule has 1 aromatic carbocycles. The Labute approximate surface area is 116 Å². The van der Waals surface area contributed by atoms with Crippen molar-refractivity contribution in [3.63, 3.8) is 0 Å². The maximum Gasteiger partial charge on any atom is 0.328 e. The SMILES string of the molecule is COC(=O)C(CCC(=O)O)NC(=O)Cc1ccccc1. The highest BCUT2D eigenvalue weighted by Gasteiger charge is 2.22. The highest BCUT2D eigenvalue weighted by Crippen LogP contribution is 2.03. The lowest BCUT2D eigenvalue weighted by molar-refractivity contribution is -0.145. The second kappa shape index (κ2) is 7.93. The van der Waals surface area contributed by atoms with Crippen LogP contribution in [0.25, 0.3) is 0 Å². The van der Waals surface area contributed by atoms with Crippen molar-refractivity contribution in [2.24, 2.45) is 0 Å². The Balaban J connectivity index is 2.57. The lowest BCUT2D eigenvalue weighted by atomic mass is 10.1. The molecule has 0 fully saturated rings. The predicted octanol–water partition coefficient (Wildman–Crippen LogP) is 0.752. The van der Waals surface area contributed by atoms with Crippen molar-refractivity contribution in [1.29, 1.82) is 0 Å². The molecular weight excluding hydrogens is 262 g/mol. The zero-order valence-corrected chi connectivity index (χ0v) is 11.2. The largest absolute Gasteiger partial charge is 0.481 e. The number of rotatable bonds is 7. The van der Waals surface area contributed by atoms with Crippen LogP contribution in [-0.4, -0.2) is 36.1 Å². The summed E-state index contributed by atoms with van der Waals surface area (Å²) in [7, 11) is 1.19. The van der Waals surface area contributed by atoms with E-state index in [2.05, 4.69) is 10.1 Å². The van der Waals surface area contributed by atoms with Gasteiger partial charge in [0.2, 0.25) is 5.91 Å². The Kier molecular flexibility index (Phi) is 6.22. The van der Waals surface area contributed by atoms with Crippen LogP contribution in [0.3, 0.4) is 0 Å². The molecule has 1 rings (SSSR count). The Morgan fingerprint density at radius 1 is 1.25 bits per heavy atom. The molecule has 0 heterocycles. The highest BCUT2D eigenvalue weighted by molar-refractivity contribution is 5.85. The molecule has 1 atom stereocenters. The lowest BCUT2D eigenvalue weighted by Gasteiger charge is -2.15. The minimum atomic E-state index is -1.03. The minimum Gasteiger partial charge on any atom is -0.481 e. The second-order valence-electron chi connectivity index (χ2n) is 4.24. The van der Waals surface area contributed by atoms with E-state index in [4.69, 9.17) is 5.11 Å². The van der Waals surface area contributed by atoms with Gasteiger partial charge in [-0.3, -0.25) is 9.59 Å². The van der Waals surface area contributed by atoms with E-state index >= 15 is 0 Å². The fraction of sp³-hybridized carbons (Fsp3) is 0.357. The molecule has 1 unspecified atom stereocenters.